The predicted molar refractivity (Wildman–Crippen MR) is 125 cm³/mol. The summed E-state index contributed by atoms with van der Waals surface area (Å²) >= 11 is 0. The number of carbonyl (C=O) groups excluding carboxylic acids is 2. The van der Waals surface area contributed by atoms with Gasteiger partial charge in [-0.25, -0.2) is 4.79 Å². The number of nitrogens with zero attached hydrogens (tertiary/aromatic N) is 2. The fraction of sp³-hybridized carbons (Fsp3) is 0.280. The molecule has 2 aromatic carbocycles. The smallest absolute Gasteiger partial charge is 0.407 e. The predicted octanol–water partition coefficient (Wildman–Crippen LogP) is 3.61. The third-order valence-corrected chi connectivity index (χ3v) is 5.68. The Morgan fingerprint density at radius 1 is 1.09 bits per heavy atom. The maximum Gasteiger partial charge on any atom is 0.407 e. The number of carboxylic acids is 1. The number of anilines is 1. The number of benzene rings is 2. The highest BCUT2D eigenvalue weighted by Gasteiger charge is 2.30. The van der Waals surface area contributed by atoms with Crippen LogP contribution in [0.5, 0.6) is 0 Å². The summed E-state index contributed by atoms with van der Waals surface area (Å²) in [6.45, 7) is 2.75. The Morgan fingerprint density at radius 3 is 2.35 bits per heavy atom. The van der Waals surface area contributed by atoms with Gasteiger partial charge >= 0.3 is 12.1 Å². The molecule has 0 saturated carbocycles. The number of carbonyl (C=O) groups is 3. The standard InChI is InChI=1S/C25H26N4O5/c1-2-11-29-14-16(13-26-29)27-24(32)22(12-23(30)31)28-25(33)34-15-21-19-9-5-3-7-17(19)18-8-4-6-10-20(18)21/h3-10,13-14,21-22H,2,11-12,15H2,1H3,(H,27,32)(H,28,33)(H,30,31). The van der Waals surface area contributed by atoms with Crippen LogP contribution in [0, 0.1) is 0 Å². The molecule has 1 aliphatic rings. The number of aliphatic carboxylic acids is 1. The van der Waals surface area contributed by atoms with Crippen LogP contribution in [0.4, 0.5) is 10.5 Å². The summed E-state index contributed by atoms with van der Waals surface area (Å²) in [4.78, 5) is 36.5. The van der Waals surface area contributed by atoms with Gasteiger partial charge in [0.25, 0.3) is 0 Å². The van der Waals surface area contributed by atoms with Crippen LogP contribution < -0.4 is 10.6 Å². The van der Waals surface area contributed by atoms with Crippen LogP contribution in [0.3, 0.4) is 0 Å². The number of hydrogen-bond donors (Lipinski definition) is 3. The largest absolute Gasteiger partial charge is 0.481 e. The van der Waals surface area contributed by atoms with Crippen LogP contribution in [0.15, 0.2) is 60.9 Å². The van der Waals surface area contributed by atoms with Crippen molar-refractivity contribution in [3.63, 3.8) is 0 Å². The first-order valence-electron chi connectivity index (χ1n) is 11.1. The van der Waals surface area contributed by atoms with E-state index in [2.05, 4.69) is 15.7 Å². The van der Waals surface area contributed by atoms with Crippen molar-refractivity contribution in [2.45, 2.75) is 38.3 Å². The summed E-state index contributed by atoms with van der Waals surface area (Å²) in [6, 6.07) is 14.6. The molecule has 176 valence electrons. The van der Waals surface area contributed by atoms with Crippen molar-refractivity contribution in [3.05, 3.63) is 72.1 Å². The Labute approximate surface area is 196 Å². The molecule has 0 aliphatic heterocycles. The van der Waals surface area contributed by atoms with Gasteiger partial charge in [-0.2, -0.15) is 5.10 Å². The van der Waals surface area contributed by atoms with E-state index < -0.39 is 30.4 Å². The van der Waals surface area contributed by atoms with Gasteiger partial charge in [0.2, 0.25) is 5.91 Å². The number of amides is 2. The molecule has 1 unspecified atom stereocenters. The fourth-order valence-electron chi connectivity index (χ4n) is 4.18. The topological polar surface area (TPSA) is 123 Å². The summed E-state index contributed by atoms with van der Waals surface area (Å²) in [5, 5.41) is 18.3. The molecule has 0 radical (unpaired) electrons. The van der Waals surface area contributed by atoms with Gasteiger partial charge in [0.1, 0.15) is 12.6 Å². The first-order valence-corrected chi connectivity index (χ1v) is 11.1. The average Bonchev–Trinajstić information content (AvgIpc) is 3.39. The van der Waals surface area contributed by atoms with E-state index in [1.54, 1.807) is 10.9 Å². The molecule has 4 rings (SSSR count). The molecule has 34 heavy (non-hydrogen) atoms. The number of nitrogens with one attached hydrogen (secondary N) is 2. The van der Waals surface area contributed by atoms with Crippen molar-refractivity contribution in [3.8, 4) is 11.1 Å². The van der Waals surface area contributed by atoms with E-state index in [0.29, 0.717) is 12.2 Å². The van der Waals surface area contributed by atoms with Crippen LogP contribution in [0.25, 0.3) is 11.1 Å². The van der Waals surface area contributed by atoms with Crippen LogP contribution in [-0.2, 0) is 20.9 Å². The van der Waals surface area contributed by atoms with Gasteiger partial charge in [-0.3, -0.25) is 14.3 Å². The number of hydrogen-bond acceptors (Lipinski definition) is 5. The molecule has 9 heteroatoms. The lowest BCUT2D eigenvalue weighted by Crippen LogP contribution is -2.45. The molecule has 1 aromatic heterocycles. The molecule has 1 atom stereocenters. The minimum atomic E-state index is -1.30. The van der Waals surface area contributed by atoms with Crippen molar-refractivity contribution >= 4 is 23.7 Å². The summed E-state index contributed by atoms with van der Waals surface area (Å²) in [6.07, 6.45) is 2.55. The molecule has 0 fully saturated rings. The lowest BCUT2D eigenvalue weighted by atomic mass is 9.98. The third-order valence-electron chi connectivity index (χ3n) is 5.68. The van der Waals surface area contributed by atoms with Crippen LogP contribution in [0.2, 0.25) is 0 Å². The van der Waals surface area contributed by atoms with E-state index in [9.17, 15) is 19.5 Å². The molecule has 1 aliphatic carbocycles. The zero-order chi connectivity index (χ0) is 24.1. The summed E-state index contributed by atoms with van der Waals surface area (Å²) in [5.41, 5.74) is 4.72. The van der Waals surface area contributed by atoms with Gasteiger partial charge in [0.15, 0.2) is 0 Å². The zero-order valence-corrected chi connectivity index (χ0v) is 18.7. The van der Waals surface area contributed by atoms with Gasteiger partial charge in [-0.1, -0.05) is 55.5 Å². The fourth-order valence-corrected chi connectivity index (χ4v) is 4.18. The van der Waals surface area contributed by atoms with Crippen molar-refractivity contribution in [2.24, 2.45) is 0 Å². The van der Waals surface area contributed by atoms with Crippen LogP contribution >= 0.6 is 0 Å². The highest BCUT2D eigenvalue weighted by Crippen LogP contribution is 2.44. The highest BCUT2D eigenvalue weighted by molar-refractivity contribution is 5.98. The molecule has 0 bridgehead atoms. The van der Waals surface area contributed by atoms with Crippen molar-refractivity contribution in [1.82, 2.24) is 15.1 Å². The van der Waals surface area contributed by atoms with Gasteiger partial charge < -0.3 is 20.5 Å². The second kappa shape index (κ2) is 10.2. The Morgan fingerprint density at radius 2 is 1.74 bits per heavy atom. The number of aromatic nitrogens is 2. The SMILES string of the molecule is CCCn1cc(NC(=O)C(CC(=O)O)NC(=O)OCC2c3ccccc3-c3ccccc32)cn1. The normalized spacial score (nSPS) is 13.0. The zero-order valence-electron chi connectivity index (χ0n) is 18.7. The summed E-state index contributed by atoms with van der Waals surface area (Å²) in [7, 11) is 0. The quantitative estimate of drug-likeness (QED) is 0.446. The van der Waals surface area contributed by atoms with E-state index >= 15 is 0 Å². The maximum absolute atomic E-state index is 12.7. The lowest BCUT2D eigenvalue weighted by molar-refractivity contribution is -0.139. The molecule has 9 nitrogen and oxygen atoms in total. The minimum Gasteiger partial charge on any atom is -0.481 e. The maximum atomic E-state index is 12.7. The van der Waals surface area contributed by atoms with Gasteiger partial charge in [0, 0.05) is 18.7 Å². The van der Waals surface area contributed by atoms with E-state index in [-0.39, 0.29) is 12.5 Å². The number of carboxylic acid groups (broad SMARTS) is 1. The van der Waals surface area contributed by atoms with E-state index in [4.69, 9.17) is 4.74 Å². The Balaban J connectivity index is 1.40. The summed E-state index contributed by atoms with van der Waals surface area (Å²) in [5.74, 6) is -2.03. The molecule has 0 saturated heterocycles. The molecular weight excluding hydrogens is 436 g/mol. The van der Waals surface area contributed by atoms with Gasteiger partial charge in [0.05, 0.1) is 18.3 Å². The van der Waals surface area contributed by atoms with Gasteiger partial charge in [-0.15, -0.1) is 0 Å². The Hall–Kier alpha value is -4.14. The van der Waals surface area contributed by atoms with E-state index in [1.165, 1.54) is 6.20 Å². The van der Waals surface area contributed by atoms with Crippen LogP contribution in [0.1, 0.15) is 36.8 Å². The molecule has 3 N–H and O–H groups in total. The molecular formula is C25H26N4O5. The molecule has 0 spiro atoms. The number of alkyl carbamates (subject to hydrolysis) is 1. The minimum absolute atomic E-state index is 0.0606. The molecule has 3 aromatic rings. The first kappa shape index (κ1) is 23.0. The third kappa shape index (κ3) is 5.09. The lowest BCUT2D eigenvalue weighted by Gasteiger charge is -2.18. The van der Waals surface area contributed by atoms with Gasteiger partial charge in [-0.05, 0) is 28.7 Å². The number of aryl methyl sites for hydroxylation is 1. The van der Waals surface area contributed by atoms with E-state index in [1.807, 2.05) is 55.5 Å². The number of fused-ring (bicyclic) bond motifs is 3. The van der Waals surface area contributed by atoms with Crippen molar-refractivity contribution in [2.75, 3.05) is 11.9 Å². The monoisotopic (exact) mass is 462 g/mol. The second-order valence-corrected chi connectivity index (χ2v) is 8.10. The van der Waals surface area contributed by atoms with E-state index in [0.717, 1.165) is 28.7 Å². The number of ether oxygens (including phenoxy) is 1. The van der Waals surface area contributed by atoms with Crippen LogP contribution in [-0.4, -0.2) is 45.5 Å². The second-order valence-electron chi connectivity index (χ2n) is 8.10. The number of rotatable bonds is 9. The van der Waals surface area contributed by atoms with Crippen molar-refractivity contribution in [1.29, 1.82) is 0 Å². The first-order chi connectivity index (χ1) is 16.5. The Kier molecular flexibility index (Phi) is 6.91. The highest BCUT2D eigenvalue weighted by atomic mass is 16.5. The van der Waals surface area contributed by atoms with Crippen molar-refractivity contribution < 1.29 is 24.2 Å². The molecule has 1 heterocycles. The molecule has 2 amide bonds. The summed E-state index contributed by atoms with van der Waals surface area (Å²) < 4.78 is 7.12. The average molecular weight is 463 g/mol. The Bertz CT molecular complexity index is 1160.